The van der Waals surface area contributed by atoms with E-state index in [2.05, 4.69) is 21.3 Å². The number of aryl methyl sites for hydroxylation is 2. The third kappa shape index (κ3) is 3.21. The van der Waals surface area contributed by atoms with Crippen LogP contribution in [0, 0.1) is 18.3 Å². The van der Waals surface area contributed by atoms with Crippen LogP contribution in [0.2, 0.25) is 5.02 Å². The number of aliphatic hydroxyl groups is 1. The molecule has 8 heteroatoms. The molecule has 1 atom stereocenters. The minimum Gasteiger partial charge on any atom is -0.388 e. The first kappa shape index (κ1) is 16.7. The predicted molar refractivity (Wildman–Crippen MR) is 89.8 cm³/mol. The van der Waals surface area contributed by atoms with E-state index in [9.17, 15) is 5.11 Å². The Balaban J connectivity index is 1.84. The zero-order valence-corrected chi connectivity index (χ0v) is 14.5. The summed E-state index contributed by atoms with van der Waals surface area (Å²) in [5, 5.41) is 28.5. The van der Waals surface area contributed by atoms with Crippen LogP contribution >= 0.6 is 11.6 Å². The molecule has 0 aromatic carbocycles. The van der Waals surface area contributed by atoms with Gasteiger partial charge >= 0.3 is 0 Å². The first-order chi connectivity index (χ1) is 11.4. The fourth-order valence-corrected chi connectivity index (χ4v) is 3.37. The molecule has 0 radical (unpaired) electrons. The van der Waals surface area contributed by atoms with E-state index in [1.807, 2.05) is 16.5 Å². The molecule has 126 valence electrons. The molecule has 1 unspecified atom stereocenters. The van der Waals surface area contributed by atoms with Gasteiger partial charge in [-0.2, -0.15) is 5.26 Å². The lowest BCUT2D eigenvalue weighted by Crippen LogP contribution is -2.50. The van der Waals surface area contributed by atoms with Crippen molar-refractivity contribution in [3.63, 3.8) is 0 Å². The molecule has 2 aromatic heterocycles. The zero-order chi connectivity index (χ0) is 17.3. The Bertz CT molecular complexity index is 798. The molecule has 3 heterocycles. The Labute approximate surface area is 145 Å². The van der Waals surface area contributed by atoms with E-state index in [4.69, 9.17) is 16.9 Å². The number of halogens is 1. The molecular weight excluding hydrogens is 328 g/mol. The van der Waals surface area contributed by atoms with Crippen LogP contribution in [-0.4, -0.2) is 43.5 Å². The molecule has 1 N–H and O–H groups in total. The molecule has 3 rings (SSSR count). The smallest absolute Gasteiger partial charge is 0.147 e. The van der Waals surface area contributed by atoms with Gasteiger partial charge in [0.2, 0.25) is 0 Å². The molecule has 1 aliphatic rings. The van der Waals surface area contributed by atoms with E-state index in [0.717, 1.165) is 18.8 Å². The summed E-state index contributed by atoms with van der Waals surface area (Å²) in [6, 6.07) is 3.72. The average molecular weight is 347 g/mol. The van der Waals surface area contributed by atoms with E-state index < -0.39 is 5.60 Å². The van der Waals surface area contributed by atoms with Crippen LogP contribution in [0.5, 0.6) is 0 Å². The maximum Gasteiger partial charge on any atom is 0.147 e. The molecule has 0 spiro atoms. The number of hydrogen-bond donors (Lipinski definition) is 1. The Morgan fingerprint density at radius 2 is 2.29 bits per heavy atom. The summed E-state index contributed by atoms with van der Waals surface area (Å²) in [4.78, 5) is 6.46. The van der Waals surface area contributed by atoms with Gasteiger partial charge in [-0.1, -0.05) is 11.6 Å². The number of hydrogen-bond acceptors (Lipinski definition) is 6. The van der Waals surface area contributed by atoms with Crippen molar-refractivity contribution in [2.24, 2.45) is 7.05 Å². The lowest BCUT2D eigenvalue weighted by molar-refractivity contribution is 0.0236. The minimum atomic E-state index is -0.911. The molecule has 24 heavy (non-hydrogen) atoms. The van der Waals surface area contributed by atoms with Crippen LogP contribution in [0.1, 0.15) is 29.9 Å². The van der Waals surface area contributed by atoms with Gasteiger partial charge in [-0.15, -0.1) is 10.2 Å². The summed E-state index contributed by atoms with van der Waals surface area (Å²) in [6.45, 7) is 2.96. The van der Waals surface area contributed by atoms with E-state index in [0.29, 0.717) is 41.5 Å². The molecule has 1 fully saturated rings. The van der Waals surface area contributed by atoms with Crippen LogP contribution in [-0.2, 0) is 13.5 Å². The highest BCUT2D eigenvalue weighted by Crippen LogP contribution is 2.32. The van der Waals surface area contributed by atoms with Gasteiger partial charge in [-0.05, 0) is 25.8 Å². The minimum absolute atomic E-state index is 0.415. The maximum atomic E-state index is 11.0. The highest BCUT2D eigenvalue weighted by atomic mass is 35.5. The summed E-state index contributed by atoms with van der Waals surface area (Å²) >= 11 is 6.31. The number of anilines is 1. The largest absolute Gasteiger partial charge is 0.388 e. The highest BCUT2D eigenvalue weighted by Gasteiger charge is 2.36. The molecule has 1 aliphatic heterocycles. The molecule has 1 saturated heterocycles. The second-order valence-electron chi connectivity index (χ2n) is 6.32. The Morgan fingerprint density at radius 3 is 2.96 bits per heavy atom. The van der Waals surface area contributed by atoms with Gasteiger partial charge in [-0.3, -0.25) is 0 Å². The molecular formula is C16H19ClN6O. The molecule has 0 saturated carbocycles. The second kappa shape index (κ2) is 6.38. The number of nitriles is 1. The first-order valence-corrected chi connectivity index (χ1v) is 8.17. The van der Waals surface area contributed by atoms with Crippen LogP contribution in [0.25, 0.3) is 0 Å². The lowest BCUT2D eigenvalue weighted by atomic mass is 9.89. The second-order valence-corrected chi connectivity index (χ2v) is 6.73. The van der Waals surface area contributed by atoms with Crippen molar-refractivity contribution in [1.29, 1.82) is 5.26 Å². The third-order valence-corrected chi connectivity index (χ3v) is 4.69. The van der Waals surface area contributed by atoms with Crippen molar-refractivity contribution < 1.29 is 5.11 Å². The van der Waals surface area contributed by atoms with Gasteiger partial charge in [0.15, 0.2) is 0 Å². The van der Waals surface area contributed by atoms with Crippen molar-refractivity contribution in [3.05, 3.63) is 34.5 Å². The summed E-state index contributed by atoms with van der Waals surface area (Å²) < 4.78 is 1.81. The lowest BCUT2D eigenvalue weighted by Gasteiger charge is -2.40. The molecule has 7 nitrogen and oxygen atoms in total. The van der Waals surface area contributed by atoms with Crippen LogP contribution in [0.3, 0.4) is 0 Å². The van der Waals surface area contributed by atoms with Crippen molar-refractivity contribution >= 4 is 17.4 Å². The predicted octanol–water partition coefficient (Wildman–Crippen LogP) is 1.62. The van der Waals surface area contributed by atoms with E-state index in [-0.39, 0.29) is 0 Å². The van der Waals surface area contributed by atoms with Gasteiger partial charge in [0.05, 0.1) is 21.9 Å². The van der Waals surface area contributed by atoms with Crippen molar-refractivity contribution in [2.45, 2.75) is 31.8 Å². The molecule has 2 aromatic rings. The van der Waals surface area contributed by atoms with Crippen LogP contribution < -0.4 is 4.90 Å². The number of β-amino-alcohol motifs (C(OH)–C–C–N with tert-alkyl or cyclic N) is 1. The van der Waals surface area contributed by atoms with Gasteiger partial charge in [0.1, 0.15) is 24.0 Å². The summed E-state index contributed by atoms with van der Waals surface area (Å²) in [5.41, 5.74) is 0.195. The Kier molecular flexibility index (Phi) is 4.43. The zero-order valence-electron chi connectivity index (χ0n) is 13.7. The summed E-state index contributed by atoms with van der Waals surface area (Å²) in [6.07, 6.45) is 3.56. The Morgan fingerprint density at radius 1 is 1.50 bits per heavy atom. The number of piperidine rings is 1. The monoisotopic (exact) mass is 346 g/mol. The van der Waals surface area contributed by atoms with Gasteiger partial charge in [0, 0.05) is 26.6 Å². The summed E-state index contributed by atoms with van der Waals surface area (Å²) in [7, 11) is 1.86. The van der Waals surface area contributed by atoms with E-state index in [1.54, 1.807) is 19.3 Å². The number of nitrogens with zero attached hydrogens (tertiary/aromatic N) is 6. The fraction of sp³-hybridized carbons (Fsp3) is 0.500. The number of rotatable bonds is 3. The molecule has 0 amide bonds. The van der Waals surface area contributed by atoms with Gasteiger partial charge < -0.3 is 14.6 Å². The maximum absolute atomic E-state index is 11.0. The molecule has 0 bridgehead atoms. The summed E-state index contributed by atoms with van der Waals surface area (Å²) in [5.74, 6) is 1.36. The van der Waals surface area contributed by atoms with E-state index in [1.165, 1.54) is 0 Å². The topological polar surface area (TPSA) is 90.9 Å². The van der Waals surface area contributed by atoms with Crippen LogP contribution in [0.4, 0.5) is 5.82 Å². The average Bonchev–Trinajstić information content (AvgIpc) is 2.93. The van der Waals surface area contributed by atoms with E-state index >= 15 is 0 Å². The van der Waals surface area contributed by atoms with Crippen molar-refractivity contribution in [3.8, 4) is 6.07 Å². The first-order valence-electron chi connectivity index (χ1n) is 7.79. The van der Waals surface area contributed by atoms with Gasteiger partial charge in [-0.25, -0.2) is 4.98 Å². The normalized spacial score (nSPS) is 20.9. The number of aromatic nitrogens is 4. The standard InChI is InChI=1S/C16H19ClN6O/c1-11-12(8-18)6-13(17)15(20-11)23-5-3-4-16(24,9-23)7-14-21-19-10-22(14)2/h6,10,24H,3-5,7,9H2,1-2H3. The third-order valence-electron chi connectivity index (χ3n) is 4.42. The quantitative estimate of drug-likeness (QED) is 0.908. The Hall–Kier alpha value is -2.17. The molecule has 0 aliphatic carbocycles. The number of pyridine rings is 1. The highest BCUT2D eigenvalue weighted by molar-refractivity contribution is 6.33. The fourth-order valence-electron chi connectivity index (χ4n) is 3.10. The SMILES string of the molecule is Cc1nc(N2CCCC(O)(Cc3nncn3C)C2)c(Cl)cc1C#N. The van der Waals surface area contributed by atoms with Crippen molar-refractivity contribution in [1.82, 2.24) is 19.7 Å². The van der Waals surface area contributed by atoms with Crippen LogP contribution in [0.15, 0.2) is 12.4 Å². The van der Waals surface area contributed by atoms with Crippen molar-refractivity contribution in [2.75, 3.05) is 18.0 Å². The van der Waals surface area contributed by atoms with Gasteiger partial charge in [0.25, 0.3) is 0 Å².